The Balaban J connectivity index is 3.38. The number of hydrogen-bond acceptors (Lipinski definition) is 2. The maximum Gasteiger partial charge on any atom is 0.0719 e. The molecule has 0 aliphatic carbocycles. The van der Waals surface area contributed by atoms with Crippen LogP contribution in [0.3, 0.4) is 0 Å². The topological polar surface area (TPSA) is 23.5 Å². The Morgan fingerprint density at radius 3 is 2.11 bits per heavy atom. The lowest BCUT2D eigenvalue weighted by molar-refractivity contribution is 0.174. The van der Waals surface area contributed by atoms with E-state index in [2.05, 4.69) is 0 Å². The zero-order chi connectivity index (χ0) is 7.44. The molecule has 0 spiro atoms. The van der Waals surface area contributed by atoms with Crippen LogP contribution >= 0.6 is 11.6 Å². The second kappa shape index (κ2) is 4.09. The molecule has 0 aliphatic heterocycles. The number of aliphatic hydroxyl groups is 1. The Bertz CT molecular complexity index is 75.5. The molecule has 56 valence electrons. The Kier molecular flexibility index (Phi) is 4.19. The maximum atomic E-state index is 8.91. The second-order valence-corrected chi connectivity index (χ2v) is 3.08. The van der Waals surface area contributed by atoms with E-state index in [9.17, 15) is 0 Å². The number of nitrogens with zero attached hydrogens (tertiary/aromatic N) is 1. The Labute approximate surface area is 61.4 Å². The lowest BCUT2D eigenvalue weighted by atomic mass is 10.3. The van der Waals surface area contributed by atoms with Crippen LogP contribution in [0.4, 0.5) is 0 Å². The highest BCUT2D eigenvalue weighted by Gasteiger charge is 2.10. The summed E-state index contributed by atoms with van der Waals surface area (Å²) in [5, 5.41) is 8.76. The van der Waals surface area contributed by atoms with Gasteiger partial charge in [0, 0.05) is 6.54 Å². The molecule has 2 nitrogen and oxygen atoms in total. The Morgan fingerprint density at radius 2 is 2.00 bits per heavy atom. The molecule has 0 aromatic heterocycles. The summed E-state index contributed by atoms with van der Waals surface area (Å²) in [5.74, 6) is 0. The molecule has 0 bridgehead atoms. The minimum atomic E-state index is -0.422. The predicted octanol–water partition coefficient (Wildman–Crippen LogP) is 0.536. The van der Waals surface area contributed by atoms with E-state index >= 15 is 0 Å². The van der Waals surface area contributed by atoms with Crippen molar-refractivity contribution in [2.75, 3.05) is 20.6 Å². The van der Waals surface area contributed by atoms with Crippen LogP contribution in [0.1, 0.15) is 6.92 Å². The van der Waals surface area contributed by atoms with Gasteiger partial charge in [0.15, 0.2) is 0 Å². The highest BCUT2D eigenvalue weighted by Crippen LogP contribution is 2.02. The lowest BCUT2D eigenvalue weighted by Gasteiger charge is -2.16. The SMILES string of the molecule is CC(O)C(Cl)CN(C)C. The first-order chi connectivity index (χ1) is 4.04. The van der Waals surface area contributed by atoms with Gasteiger partial charge in [-0.05, 0) is 21.0 Å². The van der Waals surface area contributed by atoms with Gasteiger partial charge >= 0.3 is 0 Å². The van der Waals surface area contributed by atoms with Crippen LogP contribution in [-0.2, 0) is 0 Å². The van der Waals surface area contributed by atoms with Crippen LogP contribution in [0.2, 0.25) is 0 Å². The number of aliphatic hydroxyl groups excluding tert-OH is 1. The second-order valence-electron chi connectivity index (χ2n) is 2.52. The van der Waals surface area contributed by atoms with Crippen molar-refractivity contribution in [3.63, 3.8) is 0 Å². The van der Waals surface area contributed by atoms with Crippen molar-refractivity contribution >= 4 is 11.6 Å². The first-order valence-electron chi connectivity index (χ1n) is 3.01. The van der Waals surface area contributed by atoms with Crippen LogP contribution in [0.25, 0.3) is 0 Å². The van der Waals surface area contributed by atoms with Crippen LogP contribution in [-0.4, -0.2) is 42.1 Å². The summed E-state index contributed by atoms with van der Waals surface area (Å²) in [7, 11) is 3.86. The molecule has 0 fully saturated rings. The zero-order valence-electron chi connectivity index (χ0n) is 6.13. The van der Waals surface area contributed by atoms with Gasteiger partial charge in [0.1, 0.15) is 0 Å². The van der Waals surface area contributed by atoms with Crippen LogP contribution in [0.15, 0.2) is 0 Å². The minimum Gasteiger partial charge on any atom is -0.392 e. The summed E-state index contributed by atoms with van der Waals surface area (Å²) in [5.41, 5.74) is 0. The number of alkyl halides is 1. The van der Waals surface area contributed by atoms with E-state index in [-0.39, 0.29) is 5.38 Å². The minimum absolute atomic E-state index is 0.153. The summed E-state index contributed by atoms with van der Waals surface area (Å²) >= 11 is 5.72. The molecule has 3 heteroatoms. The average Bonchev–Trinajstić information content (AvgIpc) is 1.63. The van der Waals surface area contributed by atoms with Crippen molar-refractivity contribution in [1.82, 2.24) is 4.90 Å². The molecule has 0 saturated carbocycles. The first kappa shape index (κ1) is 9.21. The number of halogens is 1. The first-order valence-corrected chi connectivity index (χ1v) is 3.44. The van der Waals surface area contributed by atoms with E-state index in [1.54, 1.807) is 6.92 Å². The standard InChI is InChI=1S/C6H14ClNO/c1-5(9)6(7)4-8(2)3/h5-6,9H,4H2,1-3H3. The summed E-state index contributed by atoms with van der Waals surface area (Å²) < 4.78 is 0. The predicted molar refractivity (Wildman–Crippen MR) is 39.9 cm³/mol. The molecule has 1 N–H and O–H groups in total. The van der Waals surface area contributed by atoms with Crippen molar-refractivity contribution in [2.24, 2.45) is 0 Å². The van der Waals surface area contributed by atoms with E-state index in [0.29, 0.717) is 0 Å². The fourth-order valence-electron chi connectivity index (χ4n) is 0.501. The van der Waals surface area contributed by atoms with Crippen molar-refractivity contribution in [2.45, 2.75) is 18.4 Å². The van der Waals surface area contributed by atoms with E-state index in [0.717, 1.165) is 6.54 Å². The molecule has 0 rings (SSSR count). The van der Waals surface area contributed by atoms with E-state index in [1.807, 2.05) is 19.0 Å². The van der Waals surface area contributed by atoms with Crippen molar-refractivity contribution < 1.29 is 5.11 Å². The molecule has 0 heterocycles. The quantitative estimate of drug-likeness (QED) is 0.596. The third-order valence-corrected chi connectivity index (χ3v) is 1.57. The van der Waals surface area contributed by atoms with Crippen molar-refractivity contribution in [3.05, 3.63) is 0 Å². The normalized spacial score (nSPS) is 18.0. The zero-order valence-corrected chi connectivity index (χ0v) is 6.89. The summed E-state index contributed by atoms with van der Waals surface area (Å²) in [6.45, 7) is 2.42. The largest absolute Gasteiger partial charge is 0.392 e. The molecule has 0 amide bonds. The van der Waals surface area contributed by atoms with Gasteiger partial charge in [0.05, 0.1) is 11.5 Å². The van der Waals surface area contributed by atoms with Gasteiger partial charge in [-0.25, -0.2) is 0 Å². The van der Waals surface area contributed by atoms with E-state index in [4.69, 9.17) is 16.7 Å². The molecule has 0 radical (unpaired) electrons. The van der Waals surface area contributed by atoms with E-state index in [1.165, 1.54) is 0 Å². The summed E-state index contributed by atoms with van der Waals surface area (Å²) in [6, 6.07) is 0. The third-order valence-electron chi connectivity index (χ3n) is 1.06. The van der Waals surface area contributed by atoms with Gasteiger partial charge in [-0.15, -0.1) is 11.6 Å². The molecule has 0 aromatic rings. The van der Waals surface area contributed by atoms with Gasteiger partial charge < -0.3 is 10.0 Å². The Morgan fingerprint density at radius 1 is 1.56 bits per heavy atom. The highest BCUT2D eigenvalue weighted by molar-refractivity contribution is 6.21. The van der Waals surface area contributed by atoms with Crippen molar-refractivity contribution in [3.8, 4) is 0 Å². The number of rotatable bonds is 3. The molecule has 2 unspecified atom stereocenters. The maximum absolute atomic E-state index is 8.91. The lowest BCUT2D eigenvalue weighted by Crippen LogP contribution is -2.29. The summed E-state index contributed by atoms with van der Waals surface area (Å²) in [6.07, 6.45) is -0.422. The van der Waals surface area contributed by atoms with Gasteiger partial charge in [-0.1, -0.05) is 0 Å². The van der Waals surface area contributed by atoms with Gasteiger partial charge in [-0.3, -0.25) is 0 Å². The molecule has 0 aliphatic rings. The van der Waals surface area contributed by atoms with Crippen LogP contribution in [0.5, 0.6) is 0 Å². The monoisotopic (exact) mass is 151 g/mol. The van der Waals surface area contributed by atoms with Crippen molar-refractivity contribution in [1.29, 1.82) is 0 Å². The molecular formula is C6H14ClNO. The Hall–Kier alpha value is 0.210. The van der Waals surface area contributed by atoms with Gasteiger partial charge in [0.2, 0.25) is 0 Å². The molecule has 0 aromatic carbocycles. The molecule has 9 heavy (non-hydrogen) atoms. The van der Waals surface area contributed by atoms with Crippen LogP contribution in [0, 0.1) is 0 Å². The summed E-state index contributed by atoms with van der Waals surface area (Å²) in [4.78, 5) is 1.95. The van der Waals surface area contributed by atoms with Gasteiger partial charge in [-0.2, -0.15) is 0 Å². The van der Waals surface area contributed by atoms with Crippen LogP contribution < -0.4 is 0 Å². The number of hydrogen-bond donors (Lipinski definition) is 1. The average molecular weight is 152 g/mol. The molecule has 2 atom stereocenters. The van der Waals surface area contributed by atoms with E-state index < -0.39 is 6.10 Å². The molecular weight excluding hydrogens is 138 g/mol. The smallest absolute Gasteiger partial charge is 0.0719 e. The molecule has 0 saturated heterocycles. The highest BCUT2D eigenvalue weighted by atomic mass is 35.5. The third kappa shape index (κ3) is 4.70. The fourth-order valence-corrected chi connectivity index (χ4v) is 0.777. The fraction of sp³-hybridized carbons (Fsp3) is 1.00. The van der Waals surface area contributed by atoms with Gasteiger partial charge in [0.25, 0.3) is 0 Å².